The van der Waals surface area contributed by atoms with Gasteiger partial charge in [-0.2, -0.15) is 0 Å². The minimum Gasteiger partial charge on any atom is -0.337 e. The summed E-state index contributed by atoms with van der Waals surface area (Å²) in [5, 5.41) is 10.9. The molecule has 1 amide bonds. The Morgan fingerprint density at radius 3 is 2.41 bits per heavy atom. The van der Waals surface area contributed by atoms with Crippen molar-refractivity contribution in [1.82, 2.24) is 19.7 Å². The Morgan fingerprint density at radius 1 is 1.06 bits per heavy atom. The molecule has 4 rings (SSSR count). The molecule has 2 atom stereocenters. The van der Waals surface area contributed by atoms with Crippen LogP contribution in [0.25, 0.3) is 17.1 Å². The van der Waals surface area contributed by atoms with Gasteiger partial charge in [0.05, 0.1) is 11.4 Å². The van der Waals surface area contributed by atoms with Crippen LogP contribution in [-0.4, -0.2) is 43.4 Å². The molecule has 1 saturated heterocycles. The molecule has 0 saturated carbocycles. The van der Waals surface area contributed by atoms with Crippen LogP contribution in [0, 0.1) is 6.92 Å². The van der Waals surface area contributed by atoms with E-state index in [1.165, 1.54) is 18.2 Å². The lowest BCUT2D eigenvalue weighted by Crippen LogP contribution is -2.48. The predicted octanol–water partition coefficient (Wildman–Crippen LogP) is 6.43. The minimum absolute atomic E-state index is 0.138. The normalized spacial score (nSPS) is 18.7. The standard InChI is InChI=1S/C24H26Cl2N4OS/c1-15-7-12-20(13-21(15)26)30-23(18-8-10-19(25)11-9-18)27-28-24(30)32-14-22(31)29-16(2)5-4-6-17(29)3/h7-13,16-17H,4-6,14H2,1-3H3/t16-,17+. The summed E-state index contributed by atoms with van der Waals surface area (Å²) in [5.41, 5.74) is 2.73. The van der Waals surface area contributed by atoms with Crippen LogP contribution in [0.5, 0.6) is 0 Å². The third kappa shape index (κ3) is 4.82. The van der Waals surface area contributed by atoms with Crippen molar-refractivity contribution in [3.63, 3.8) is 0 Å². The third-order valence-corrected chi connectivity index (χ3v) is 7.53. The van der Waals surface area contributed by atoms with Crippen LogP contribution in [0.3, 0.4) is 0 Å². The van der Waals surface area contributed by atoms with Gasteiger partial charge in [0, 0.05) is 27.7 Å². The van der Waals surface area contributed by atoms with E-state index in [9.17, 15) is 4.79 Å². The smallest absolute Gasteiger partial charge is 0.233 e. The first-order chi connectivity index (χ1) is 15.3. The van der Waals surface area contributed by atoms with Crippen molar-refractivity contribution in [3.8, 4) is 17.1 Å². The average molecular weight is 489 g/mol. The molecule has 1 fully saturated rings. The Kier molecular flexibility index (Phi) is 7.13. The van der Waals surface area contributed by atoms with Crippen molar-refractivity contribution < 1.29 is 4.79 Å². The summed E-state index contributed by atoms with van der Waals surface area (Å²) in [6.07, 6.45) is 3.28. The molecular weight excluding hydrogens is 463 g/mol. The predicted molar refractivity (Wildman–Crippen MR) is 132 cm³/mol. The lowest BCUT2D eigenvalue weighted by molar-refractivity contribution is -0.134. The van der Waals surface area contributed by atoms with E-state index in [1.807, 2.05) is 58.9 Å². The molecule has 0 N–H and O–H groups in total. The van der Waals surface area contributed by atoms with E-state index < -0.39 is 0 Å². The van der Waals surface area contributed by atoms with Gasteiger partial charge >= 0.3 is 0 Å². The third-order valence-electron chi connectivity index (χ3n) is 5.96. The van der Waals surface area contributed by atoms with Crippen LogP contribution in [0.2, 0.25) is 10.0 Å². The van der Waals surface area contributed by atoms with Crippen LogP contribution in [0.4, 0.5) is 0 Å². The highest BCUT2D eigenvalue weighted by Gasteiger charge is 2.29. The van der Waals surface area contributed by atoms with Crippen LogP contribution in [0.1, 0.15) is 38.7 Å². The average Bonchev–Trinajstić information content (AvgIpc) is 3.18. The number of amides is 1. The number of benzene rings is 2. The zero-order chi connectivity index (χ0) is 22.8. The SMILES string of the molecule is Cc1ccc(-n2c(SCC(=O)N3[C@H](C)CCC[C@@H]3C)nnc2-c2ccc(Cl)cc2)cc1Cl. The summed E-state index contributed by atoms with van der Waals surface area (Å²) in [4.78, 5) is 15.1. The Morgan fingerprint density at radius 2 is 1.75 bits per heavy atom. The Bertz CT molecular complexity index is 1110. The molecule has 0 unspecified atom stereocenters. The van der Waals surface area contributed by atoms with Gasteiger partial charge in [0.1, 0.15) is 0 Å². The van der Waals surface area contributed by atoms with Gasteiger partial charge in [0.25, 0.3) is 0 Å². The highest BCUT2D eigenvalue weighted by molar-refractivity contribution is 7.99. The first-order valence-electron chi connectivity index (χ1n) is 10.8. The first kappa shape index (κ1) is 23.1. The number of hydrogen-bond donors (Lipinski definition) is 0. The van der Waals surface area contributed by atoms with E-state index >= 15 is 0 Å². The minimum atomic E-state index is 0.138. The van der Waals surface area contributed by atoms with Crippen LogP contribution in [0.15, 0.2) is 47.6 Å². The van der Waals surface area contributed by atoms with Crippen molar-refractivity contribution in [2.24, 2.45) is 0 Å². The summed E-state index contributed by atoms with van der Waals surface area (Å²) in [7, 11) is 0. The molecule has 2 aromatic carbocycles. The number of piperidine rings is 1. The Balaban J connectivity index is 1.66. The molecule has 8 heteroatoms. The van der Waals surface area contributed by atoms with Gasteiger partial charge in [-0.15, -0.1) is 10.2 Å². The molecule has 0 bridgehead atoms. The van der Waals surface area contributed by atoms with E-state index in [4.69, 9.17) is 23.2 Å². The molecule has 168 valence electrons. The molecule has 1 aliphatic heterocycles. The molecule has 2 heterocycles. The zero-order valence-corrected chi connectivity index (χ0v) is 20.7. The van der Waals surface area contributed by atoms with E-state index in [1.54, 1.807) is 0 Å². The highest BCUT2D eigenvalue weighted by Crippen LogP contribution is 2.31. The van der Waals surface area contributed by atoms with E-state index in [-0.39, 0.29) is 18.0 Å². The van der Waals surface area contributed by atoms with Gasteiger partial charge in [0.2, 0.25) is 5.91 Å². The molecular formula is C24H26Cl2N4OS. The summed E-state index contributed by atoms with van der Waals surface area (Å²) in [6.45, 7) is 6.23. The topological polar surface area (TPSA) is 51.0 Å². The molecule has 0 radical (unpaired) electrons. The van der Waals surface area contributed by atoms with Gasteiger partial charge in [-0.1, -0.05) is 41.0 Å². The van der Waals surface area contributed by atoms with Crippen LogP contribution < -0.4 is 0 Å². The second kappa shape index (κ2) is 9.86. The molecule has 0 spiro atoms. The molecule has 0 aliphatic carbocycles. The zero-order valence-electron chi connectivity index (χ0n) is 18.4. The number of likely N-dealkylation sites (tertiary alicyclic amines) is 1. The van der Waals surface area contributed by atoms with Crippen molar-refractivity contribution >= 4 is 40.9 Å². The summed E-state index contributed by atoms with van der Waals surface area (Å²) >= 11 is 13.9. The molecule has 1 aliphatic rings. The van der Waals surface area contributed by atoms with Crippen molar-refractivity contribution in [2.45, 2.75) is 57.3 Å². The number of nitrogens with zero attached hydrogens (tertiary/aromatic N) is 4. The van der Waals surface area contributed by atoms with Gasteiger partial charge < -0.3 is 4.90 Å². The number of rotatable bonds is 5. The van der Waals surface area contributed by atoms with Crippen LogP contribution in [-0.2, 0) is 4.79 Å². The molecule has 32 heavy (non-hydrogen) atoms. The molecule has 1 aromatic heterocycles. The number of aromatic nitrogens is 3. The second-order valence-electron chi connectivity index (χ2n) is 8.30. The van der Waals surface area contributed by atoms with Gasteiger partial charge in [-0.3, -0.25) is 9.36 Å². The summed E-state index contributed by atoms with van der Waals surface area (Å²) in [5.74, 6) is 1.13. The lowest BCUT2D eigenvalue weighted by Gasteiger charge is -2.39. The largest absolute Gasteiger partial charge is 0.337 e. The fourth-order valence-electron chi connectivity index (χ4n) is 4.22. The number of hydrogen-bond acceptors (Lipinski definition) is 4. The van der Waals surface area contributed by atoms with Crippen LogP contribution >= 0.6 is 35.0 Å². The number of aryl methyl sites for hydroxylation is 1. The van der Waals surface area contributed by atoms with E-state index in [0.717, 1.165) is 29.7 Å². The number of halogens is 2. The highest BCUT2D eigenvalue weighted by atomic mass is 35.5. The van der Waals surface area contributed by atoms with Gasteiger partial charge in [0.15, 0.2) is 11.0 Å². The summed E-state index contributed by atoms with van der Waals surface area (Å²) in [6, 6.07) is 13.9. The fraction of sp³-hybridized carbons (Fsp3) is 0.375. The Labute approximate surface area is 203 Å². The monoisotopic (exact) mass is 488 g/mol. The van der Waals surface area contributed by atoms with E-state index in [2.05, 4.69) is 24.0 Å². The molecule has 3 aromatic rings. The maximum absolute atomic E-state index is 13.1. The van der Waals surface area contributed by atoms with E-state index in [0.29, 0.717) is 26.8 Å². The number of thioether (sulfide) groups is 1. The fourth-order valence-corrected chi connectivity index (χ4v) is 5.34. The van der Waals surface area contributed by atoms with Crippen molar-refractivity contribution in [3.05, 3.63) is 58.1 Å². The maximum Gasteiger partial charge on any atom is 0.233 e. The van der Waals surface area contributed by atoms with Crippen molar-refractivity contribution in [1.29, 1.82) is 0 Å². The maximum atomic E-state index is 13.1. The molecule has 5 nitrogen and oxygen atoms in total. The van der Waals surface area contributed by atoms with Gasteiger partial charge in [-0.25, -0.2) is 0 Å². The quantitative estimate of drug-likeness (QED) is 0.388. The van der Waals surface area contributed by atoms with Gasteiger partial charge in [-0.05, 0) is 82.0 Å². The number of carbonyl (C=O) groups excluding carboxylic acids is 1. The van der Waals surface area contributed by atoms with Crippen molar-refractivity contribution in [2.75, 3.05) is 5.75 Å². The lowest BCUT2D eigenvalue weighted by atomic mass is 9.98. The Hall–Kier alpha value is -2.02. The number of carbonyl (C=O) groups is 1. The second-order valence-corrected chi connectivity index (χ2v) is 10.1. The first-order valence-corrected chi connectivity index (χ1v) is 12.5. The summed E-state index contributed by atoms with van der Waals surface area (Å²) < 4.78 is 1.95.